The third kappa shape index (κ3) is 3.03. The molecular weight excluding hydrogens is 323 g/mol. The smallest absolute Gasteiger partial charge is 0.338 e. The molecule has 0 spiro atoms. The van der Waals surface area contributed by atoms with E-state index in [1.165, 1.54) is 0 Å². The number of carbonyl (C=O) groups is 1. The standard InChI is InChI=1S/C13H8F3NO4S/c14-9-5-4-7(6-8(9)13(18)19)17-22(20,21)12-10(15)2-1-3-11(12)16/h1-6,17H,(H,18,19). The van der Waals surface area contributed by atoms with E-state index in [1.54, 1.807) is 4.72 Å². The Hall–Kier alpha value is -2.55. The molecular formula is C13H8F3NO4S. The van der Waals surface area contributed by atoms with Crippen molar-refractivity contribution in [3.05, 3.63) is 59.4 Å². The second-order valence-electron chi connectivity index (χ2n) is 4.16. The monoisotopic (exact) mass is 331 g/mol. The molecule has 0 aromatic heterocycles. The van der Waals surface area contributed by atoms with E-state index < -0.39 is 43.9 Å². The van der Waals surface area contributed by atoms with Crippen LogP contribution in [0, 0.1) is 17.5 Å². The van der Waals surface area contributed by atoms with Crippen molar-refractivity contribution in [1.29, 1.82) is 0 Å². The zero-order valence-electron chi connectivity index (χ0n) is 10.7. The van der Waals surface area contributed by atoms with E-state index in [4.69, 9.17) is 5.11 Å². The first-order chi connectivity index (χ1) is 10.2. The van der Waals surface area contributed by atoms with Crippen LogP contribution in [0.2, 0.25) is 0 Å². The molecule has 0 amide bonds. The molecule has 116 valence electrons. The Morgan fingerprint density at radius 3 is 2.14 bits per heavy atom. The molecule has 0 aliphatic rings. The molecule has 5 nitrogen and oxygen atoms in total. The van der Waals surface area contributed by atoms with Gasteiger partial charge in [0.05, 0.1) is 5.56 Å². The predicted molar refractivity (Wildman–Crippen MR) is 70.5 cm³/mol. The van der Waals surface area contributed by atoms with Crippen LogP contribution < -0.4 is 4.72 Å². The Balaban J connectivity index is 2.46. The first-order valence-corrected chi connectivity index (χ1v) is 7.20. The zero-order valence-corrected chi connectivity index (χ0v) is 11.5. The van der Waals surface area contributed by atoms with Crippen LogP contribution in [0.15, 0.2) is 41.3 Å². The van der Waals surface area contributed by atoms with Crippen LogP contribution >= 0.6 is 0 Å². The van der Waals surface area contributed by atoms with Crippen molar-refractivity contribution in [2.45, 2.75) is 4.90 Å². The van der Waals surface area contributed by atoms with Gasteiger partial charge in [0.15, 0.2) is 4.90 Å². The molecule has 0 saturated carbocycles. The Kier molecular flexibility index (Phi) is 4.09. The highest BCUT2D eigenvalue weighted by Gasteiger charge is 2.24. The van der Waals surface area contributed by atoms with Crippen molar-refractivity contribution in [1.82, 2.24) is 0 Å². The number of halogens is 3. The fraction of sp³-hybridized carbons (Fsp3) is 0. The summed E-state index contributed by atoms with van der Waals surface area (Å²) in [6.45, 7) is 0. The second kappa shape index (κ2) is 5.68. The number of carboxylic acids is 1. The molecule has 2 aromatic rings. The summed E-state index contributed by atoms with van der Waals surface area (Å²) in [5.41, 5.74) is -1.13. The fourth-order valence-electron chi connectivity index (χ4n) is 1.70. The summed E-state index contributed by atoms with van der Waals surface area (Å²) < 4.78 is 66.0. The first-order valence-electron chi connectivity index (χ1n) is 5.72. The topological polar surface area (TPSA) is 83.5 Å². The van der Waals surface area contributed by atoms with E-state index in [0.29, 0.717) is 6.07 Å². The molecule has 0 aliphatic carbocycles. The molecule has 22 heavy (non-hydrogen) atoms. The summed E-state index contributed by atoms with van der Waals surface area (Å²) in [7, 11) is -4.65. The Bertz CT molecular complexity index is 832. The maximum Gasteiger partial charge on any atom is 0.338 e. The zero-order chi connectivity index (χ0) is 16.5. The van der Waals surface area contributed by atoms with E-state index in [1.807, 2.05) is 0 Å². The van der Waals surface area contributed by atoms with Gasteiger partial charge in [-0.05, 0) is 30.3 Å². The van der Waals surface area contributed by atoms with E-state index in [-0.39, 0.29) is 5.69 Å². The SMILES string of the molecule is O=C(O)c1cc(NS(=O)(=O)c2c(F)cccc2F)ccc1F. The number of rotatable bonds is 4. The van der Waals surface area contributed by atoms with E-state index in [9.17, 15) is 26.4 Å². The van der Waals surface area contributed by atoms with E-state index >= 15 is 0 Å². The minimum absolute atomic E-state index is 0.346. The van der Waals surface area contributed by atoms with Gasteiger partial charge < -0.3 is 5.11 Å². The number of nitrogens with one attached hydrogen (secondary N) is 1. The molecule has 0 unspecified atom stereocenters. The summed E-state index contributed by atoms with van der Waals surface area (Å²) >= 11 is 0. The van der Waals surface area contributed by atoms with Crippen molar-refractivity contribution in [2.24, 2.45) is 0 Å². The summed E-state index contributed by atoms with van der Waals surface area (Å²) in [5.74, 6) is -5.32. The minimum Gasteiger partial charge on any atom is -0.478 e. The summed E-state index contributed by atoms with van der Waals surface area (Å²) in [5, 5.41) is 8.76. The quantitative estimate of drug-likeness (QED) is 0.902. The highest BCUT2D eigenvalue weighted by molar-refractivity contribution is 7.92. The van der Waals surface area contributed by atoms with Crippen molar-refractivity contribution < 1.29 is 31.5 Å². The Labute approximate surface area is 123 Å². The van der Waals surface area contributed by atoms with Gasteiger partial charge in [0, 0.05) is 5.69 Å². The van der Waals surface area contributed by atoms with Crippen LogP contribution in [0.5, 0.6) is 0 Å². The number of hydrogen-bond acceptors (Lipinski definition) is 3. The molecule has 2 rings (SSSR count). The Morgan fingerprint density at radius 2 is 1.59 bits per heavy atom. The van der Waals surface area contributed by atoms with E-state index in [2.05, 4.69) is 0 Å². The molecule has 0 heterocycles. The second-order valence-corrected chi connectivity index (χ2v) is 5.78. The molecule has 0 aliphatic heterocycles. The lowest BCUT2D eigenvalue weighted by molar-refractivity contribution is 0.0692. The van der Waals surface area contributed by atoms with Crippen LogP contribution in [-0.2, 0) is 10.0 Å². The molecule has 0 atom stereocenters. The van der Waals surface area contributed by atoms with Crippen LogP contribution in [0.3, 0.4) is 0 Å². The lowest BCUT2D eigenvalue weighted by Gasteiger charge is -2.10. The number of carboxylic acid groups (broad SMARTS) is 1. The molecule has 2 N–H and O–H groups in total. The average molecular weight is 331 g/mol. The summed E-state index contributed by atoms with van der Waals surface area (Å²) in [6, 6.07) is 4.85. The van der Waals surface area contributed by atoms with Gasteiger partial charge in [-0.3, -0.25) is 4.72 Å². The average Bonchev–Trinajstić information content (AvgIpc) is 2.39. The molecule has 0 fully saturated rings. The van der Waals surface area contributed by atoms with Crippen molar-refractivity contribution >= 4 is 21.7 Å². The molecule has 2 aromatic carbocycles. The van der Waals surface area contributed by atoms with Gasteiger partial charge >= 0.3 is 5.97 Å². The van der Waals surface area contributed by atoms with Crippen molar-refractivity contribution in [3.63, 3.8) is 0 Å². The number of aromatic carboxylic acids is 1. The van der Waals surface area contributed by atoms with Gasteiger partial charge in [-0.15, -0.1) is 0 Å². The molecule has 0 bridgehead atoms. The third-order valence-corrected chi connectivity index (χ3v) is 4.07. The Morgan fingerprint density at radius 1 is 1.00 bits per heavy atom. The maximum atomic E-state index is 13.5. The molecule has 0 radical (unpaired) electrons. The largest absolute Gasteiger partial charge is 0.478 e. The number of benzene rings is 2. The van der Waals surface area contributed by atoms with Gasteiger partial charge in [-0.2, -0.15) is 0 Å². The van der Waals surface area contributed by atoms with Crippen molar-refractivity contribution in [2.75, 3.05) is 4.72 Å². The van der Waals surface area contributed by atoms with Gasteiger partial charge in [-0.25, -0.2) is 26.4 Å². The minimum atomic E-state index is -4.65. The predicted octanol–water partition coefficient (Wildman–Crippen LogP) is 2.60. The number of anilines is 1. The number of sulfonamides is 1. The van der Waals surface area contributed by atoms with Crippen LogP contribution in [-0.4, -0.2) is 19.5 Å². The fourth-order valence-corrected chi connectivity index (χ4v) is 2.89. The third-order valence-electron chi connectivity index (χ3n) is 2.64. The first kappa shape index (κ1) is 15.8. The normalized spacial score (nSPS) is 11.2. The molecule has 0 saturated heterocycles. The van der Waals surface area contributed by atoms with Gasteiger partial charge in [0.2, 0.25) is 0 Å². The molecule has 9 heteroatoms. The van der Waals surface area contributed by atoms with E-state index in [0.717, 1.165) is 30.3 Å². The lowest BCUT2D eigenvalue weighted by atomic mass is 10.2. The number of hydrogen-bond donors (Lipinski definition) is 2. The van der Waals surface area contributed by atoms with Crippen LogP contribution in [0.1, 0.15) is 10.4 Å². The van der Waals surface area contributed by atoms with Crippen LogP contribution in [0.25, 0.3) is 0 Å². The van der Waals surface area contributed by atoms with Gasteiger partial charge in [0.25, 0.3) is 10.0 Å². The van der Waals surface area contributed by atoms with Gasteiger partial charge in [-0.1, -0.05) is 6.07 Å². The summed E-state index contributed by atoms with van der Waals surface area (Å²) in [6.07, 6.45) is 0. The lowest BCUT2D eigenvalue weighted by Crippen LogP contribution is -2.17. The summed E-state index contributed by atoms with van der Waals surface area (Å²) in [4.78, 5) is 9.57. The van der Waals surface area contributed by atoms with Crippen LogP contribution in [0.4, 0.5) is 18.9 Å². The van der Waals surface area contributed by atoms with Crippen molar-refractivity contribution in [3.8, 4) is 0 Å². The highest BCUT2D eigenvalue weighted by atomic mass is 32.2. The maximum absolute atomic E-state index is 13.5. The highest BCUT2D eigenvalue weighted by Crippen LogP contribution is 2.23. The van der Waals surface area contributed by atoms with Gasteiger partial charge in [0.1, 0.15) is 17.5 Å².